The molecule has 3 aromatic rings. The number of rotatable bonds is 6. The van der Waals surface area contributed by atoms with Gasteiger partial charge in [-0.3, -0.25) is 4.68 Å². The van der Waals surface area contributed by atoms with Gasteiger partial charge in [0.15, 0.2) is 12.0 Å². The second kappa shape index (κ2) is 13.0. The Morgan fingerprint density at radius 3 is 2.57 bits per heavy atom. The van der Waals surface area contributed by atoms with Gasteiger partial charge in [0.05, 0.1) is 34.9 Å². The molecule has 3 aliphatic heterocycles. The lowest BCUT2D eigenvalue weighted by Gasteiger charge is -2.45. The molecule has 1 amide bonds. The number of hydrogen-bond acceptors (Lipinski definition) is 8. The van der Waals surface area contributed by atoms with Crippen molar-refractivity contribution in [3.63, 3.8) is 0 Å². The SMILES string of the molecule is COC[C@]1(C)CNCCN1c1nn(C2CCN(C(=O)OC(C)(C)C)CC2)c(C)c1-c1c(Cl)c(C)cc2c1cnn2C1CCCCO1. The minimum Gasteiger partial charge on any atom is -0.444 e. The summed E-state index contributed by atoms with van der Waals surface area (Å²) in [5.74, 6) is 0.906. The summed E-state index contributed by atoms with van der Waals surface area (Å²) in [7, 11) is 1.75. The summed E-state index contributed by atoms with van der Waals surface area (Å²) in [6.07, 6.45) is 6.31. The molecule has 3 saturated heterocycles. The van der Waals surface area contributed by atoms with Crippen LogP contribution in [0.2, 0.25) is 5.02 Å². The average molecular weight is 656 g/mol. The maximum Gasteiger partial charge on any atom is 0.410 e. The Morgan fingerprint density at radius 2 is 1.89 bits per heavy atom. The van der Waals surface area contributed by atoms with E-state index in [1.54, 1.807) is 7.11 Å². The van der Waals surface area contributed by atoms with Crippen LogP contribution in [0.15, 0.2) is 12.3 Å². The highest BCUT2D eigenvalue weighted by atomic mass is 35.5. The Labute approximate surface area is 277 Å². The van der Waals surface area contributed by atoms with Crippen LogP contribution < -0.4 is 10.2 Å². The molecule has 11 nitrogen and oxygen atoms in total. The smallest absolute Gasteiger partial charge is 0.410 e. The Bertz CT molecular complexity index is 1560. The molecule has 0 saturated carbocycles. The molecular weight excluding hydrogens is 606 g/mol. The molecule has 252 valence electrons. The number of benzene rings is 1. The first-order valence-corrected chi connectivity index (χ1v) is 17.1. The number of piperidine rings is 1. The Morgan fingerprint density at radius 1 is 1.13 bits per heavy atom. The van der Waals surface area contributed by atoms with Crippen LogP contribution in [0.4, 0.5) is 10.6 Å². The second-order valence-electron chi connectivity index (χ2n) is 14.4. The highest BCUT2D eigenvalue weighted by molar-refractivity contribution is 6.36. The number of aryl methyl sites for hydroxylation is 1. The molecule has 1 aromatic carbocycles. The largest absolute Gasteiger partial charge is 0.444 e. The monoisotopic (exact) mass is 655 g/mol. The van der Waals surface area contributed by atoms with E-state index in [0.717, 1.165) is 97.5 Å². The van der Waals surface area contributed by atoms with E-state index in [0.29, 0.717) is 24.7 Å². The minimum absolute atomic E-state index is 0.0868. The van der Waals surface area contributed by atoms with Crippen LogP contribution in [-0.4, -0.2) is 94.7 Å². The Hall–Kier alpha value is -2.86. The van der Waals surface area contributed by atoms with E-state index in [9.17, 15) is 4.79 Å². The molecule has 1 unspecified atom stereocenters. The molecule has 0 spiro atoms. The number of halogens is 1. The molecule has 0 bridgehead atoms. The summed E-state index contributed by atoms with van der Waals surface area (Å²) in [4.78, 5) is 17.1. The van der Waals surface area contributed by atoms with Crippen LogP contribution in [0.25, 0.3) is 22.0 Å². The van der Waals surface area contributed by atoms with Gasteiger partial charge in [0.25, 0.3) is 0 Å². The van der Waals surface area contributed by atoms with Crippen LogP contribution in [0, 0.1) is 13.8 Å². The molecule has 0 radical (unpaired) electrons. The number of likely N-dealkylation sites (tertiary alicyclic amines) is 1. The van der Waals surface area contributed by atoms with Gasteiger partial charge < -0.3 is 29.3 Å². The third-order valence-electron chi connectivity index (χ3n) is 9.67. The van der Waals surface area contributed by atoms with E-state index in [-0.39, 0.29) is 23.9 Å². The van der Waals surface area contributed by atoms with Crippen molar-refractivity contribution in [3.8, 4) is 11.1 Å². The van der Waals surface area contributed by atoms with Crippen LogP contribution in [0.1, 0.15) is 83.3 Å². The van der Waals surface area contributed by atoms with E-state index < -0.39 is 5.60 Å². The van der Waals surface area contributed by atoms with Crippen molar-refractivity contribution in [1.82, 2.24) is 29.8 Å². The topological polar surface area (TPSA) is 98.9 Å². The third kappa shape index (κ3) is 6.23. The van der Waals surface area contributed by atoms with Gasteiger partial charge in [-0.15, -0.1) is 0 Å². The van der Waals surface area contributed by atoms with Gasteiger partial charge in [-0.1, -0.05) is 11.6 Å². The molecule has 3 aliphatic rings. The molecule has 5 heterocycles. The van der Waals surface area contributed by atoms with Crippen LogP contribution >= 0.6 is 11.6 Å². The van der Waals surface area contributed by atoms with Crippen molar-refractivity contribution in [1.29, 1.82) is 0 Å². The van der Waals surface area contributed by atoms with Crippen molar-refractivity contribution in [2.24, 2.45) is 0 Å². The summed E-state index contributed by atoms with van der Waals surface area (Å²) in [6.45, 7) is 17.1. The number of hydrogen-bond donors (Lipinski definition) is 1. The Balaban J connectivity index is 1.46. The van der Waals surface area contributed by atoms with Crippen molar-refractivity contribution < 1.29 is 19.0 Å². The number of nitrogens with one attached hydrogen (secondary N) is 1. The fraction of sp³-hybridized carbons (Fsp3) is 0.676. The highest BCUT2D eigenvalue weighted by Crippen LogP contribution is 2.46. The number of anilines is 1. The Kier molecular flexibility index (Phi) is 9.32. The molecule has 2 aromatic heterocycles. The van der Waals surface area contributed by atoms with Crippen molar-refractivity contribution in [2.75, 3.05) is 57.9 Å². The van der Waals surface area contributed by atoms with Crippen LogP contribution in [-0.2, 0) is 14.2 Å². The third-order valence-corrected chi connectivity index (χ3v) is 10.2. The molecule has 1 N–H and O–H groups in total. The lowest BCUT2D eigenvalue weighted by Crippen LogP contribution is -2.62. The standard InChI is InChI=1S/C34H50ClN7O4/c1-22-18-26-25(19-37-42(26)27-10-8-9-17-45-27)29(30(22)35)28-23(2)41(24-11-14-39(15-12-24)32(43)46-33(3,4)5)38-31(28)40-16-13-36-20-34(40,6)21-44-7/h18-19,24,27,36H,8-17,20-21H2,1-7H3/t27?,34-/m0/s1. The van der Waals surface area contributed by atoms with E-state index >= 15 is 0 Å². The fourth-order valence-corrected chi connectivity index (χ4v) is 7.61. The maximum absolute atomic E-state index is 12.8. The van der Waals surface area contributed by atoms with Gasteiger partial charge in [-0.05, 0) is 85.3 Å². The number of methoxy groups -OCH3 is 1. The zero-order valence-electron chi connectivity index (χ0n) is 28.5. The number of nitrogens with zero attached hydrogens (tertiary/aromatic N) is 6. The molecule has 0 aliphatic carbocycles. The maximum atomic E-state index is 12.8. The number of carbonyl (C=O) groups excluding carboxylic acids is 1. The number of piperazine rings is 1. The van der Waals surface area contributed by atoms with Gasteiger partial charge >= 0.3 is 6.09 Å². The van der Waals surface area contributed by atoms with Crippen LogP contribution in [0.5, 0.6) is 0 Å². The molecule has 12 heteroatoms. The minimum atomic E-state index is -0.524. The molecule has 46 heavy (non-hydrogen) atoms. The summed E-state index contributed by atoms with van der Waals surface area (Å²) in [5, 5.41) is 15.6. The number of fused-ring (bicyclic) bond motifs is 1. The summed E-state index contributed by atoms with van der Waals surface area (Å²) in [6, 6.07) is 2.26. The van der Waals surface area contributed by atoms with Gasteiger partial charge in [0, 0.05) is 68.6 Å². The van der Waals surface area contributed by atoms with Crippen LogP contribution in [0.3, 0.4) is 0 Å². The molecule has 3 fully saturated rings. The summed E-state index contributed by atoms with van der Waals surface area (Å²) < 4.78 is 21.8. The van der Waals surface area contributed by atoms with Gasteiger partial charge in [0.2, 0.25) is 0 Å². The number of amides is 1. The quantitative estimate of drug-likeness (QED) is 0.333. The molecular formula is C34H50ClN7O4. The summed E-state index contributed by atoms with van der Waals surface area (Å²) >= 11 is 7.30. The predicted octanol–water partition coefficient (Wildman–Crippen LogP) is 6.26. The number of aromatic nitrogens is 4. The van der Waals surface area contributed by atoms with E-state index in [2.05, 4.69) is 41.7 Å². The number of ether oxygens (including phenoxy) is 3. The molecule has 2 atom stereocenters. The van der Waals surface area contributed by atoms with E-state index in [1.165, 1.54) is 0 Å². The van der Waals surface area contributed by atoms with Gasteiger partial charge in [-0.25, -0.2) is 9.48 Å². The average Bonchev–Trinajstić information content (AvgIpc) is 3.58. The second-order valence-corrected chi connectivity index (χ2v) is 14.8. The molecule has 6 rings (SSSR count). The van der Waals surface area contributed by atoms with E-state index in [1.807, 2.05) is 36.5 Å². The van der Waals surface area contributed by atoms with Crippen molar-refractivity contribution in [3.05, 3.63) is 28.5 Å². The van der Waals surface area contributed by atoms with Crippen molar-refractivity contribution in [2.45, 2.75) is 97.1 Å². The lowest BCUT2D eigenvalue weighted by atomic mass is 9.94. The lowest BCUT2D eigenvalue weighted by molar-refractivity contribution is -0.0366. The first kappa shape index (κ1) is 33.1. The predicted molar refractivity (Wildman–Crippen MR) is 181 cm³/mol. The highest BCUT2D eigenvalue weighted by Gasteiger charge is 2.40. The number of carbonyl (C=O) groups is 1. The fourth-order valence-electron chi connectivity index (χ4n) is 7.36. The first-order valence-electron chi connectivity index (χ1n) is 16.7. The van der Waals surface area contributed by atoms with Gasteiger partial charge in [-0.2, -0.15) is 10.2 Å². The zero-order chi connectivity index (χ0) is 32.8. The first-order chi connectivity index (χ1) is 21.9. The zero-order valence-corrected chi connectivity index (χ0v) is 29.2. The van der Waals surface area contributed by atoms with Crippen molar-refractivity contribution >= 4 is 34.4 Å². The van der Waals surface area contributed by atoms with E-state index in [4.69, 9.17) is 36.0 Å². The van der Waals surface area contributed by atoms with Gasteiger partial charge in [0.1, 0.15) is 5.60 Å². The summed E-state index contributed by atoms with van der Waals surface area (Å²) in [5.41, 5.74) is 4.22. The normalized spacial score (nSPS) is 23.3.